The first-order valence-electron chi connectivity index (χ1n) is 12.6. The Hall–Kier alpha value is -3.74. The number of H-pyrrole nitrogens is 1. The molecule has 0 fully saturated rings. The van der Waals surface area contributed by atoms with Gasteiger partial charge in [-0.3, -0.25) is 14.7 Å². The van der Waals surface area contributed by atoms with Crippen molar-refractivity contribution in [2.45, 2.75) is 64.5 Å². The third kappa shape index (κ3) is 6.23. The summed E-state index contributed by atoms with van der Waals surface area (Å²) in [5.41, 5.74) is 2.38. The number of para-hydroxylation sites is 2. The highest BCUT2D eigenvalue weighted by Crippen LogP contribution is 2.33. The maximum absolute atomic E-state index is 13.7. The van der Waals surface area contributed by atoms with Crippen molar-refractivity contribution < 1.29 is 4.79 Å². The molecule has 35 heavy (non-hydrogen) atoms. The number of carbonyl (C=O) groups excluding carboxylic acids is 1. The molecule has 2 N–H and O–H groups in total. The van der Waals surface area contributed by atoms with Gasteiger partial charge in [0.1, 0.15) is 17.7 Å². The van der Waals surface area contributed by atoms with Crippen LogP contribution in [0, 0.1) is 0 Å². The number of hydrogen-bond acceptors (Lipinski definition) is 5. The van der Waals surface area contributed by atoms with Gasteiger partial charge in [-0.05, 0) is 37.1 Å². The molecule has 1 aliphatic heterocycles. The van der Waals surface area contributed by atoms with E-state index in [1.54, 1.807) is 11.0 Å². The largest absolute Gasteiger partial charge is 0.351 e. The summed E-state index contributed by atoms with van der Waals surface area (Å²) >= 11 is 0. The number of unbranched alkanes of at least 4 members (excludes halogenated alkanes) is 6. The molecule has 7 heteroatoms. The quantitative estimate of drug-likeness (QED) is 0.326. The zero-order chi connectivity index (χ0) is 24.5. The second kappa shape index (κ2) is 12.1. The summed E-state index contributed by atoms with van der Waals surface area (Å²) in [6, 6.07) is 19.0. The molecular weight excluding hydrogens is 438 g/mol. The van der Waals surface area contributed by atoms with Crippen LogP contribution in [0.15, 0.2) is 76.6 Å². The molecule has 1 unspecified atom stereocenters. The number of aromatic amines is 1. The molecule has 2 heterocycles. The van der Waals surface area contributed by atoms with Crippen molar-refractivity contribution in [1.82, 2.24) is 9.97 Å². The Bertz CT molecular complexity index is 1200. The van der Waals surface area contributed by atoms with E-state index in [2.05, 4.69) is 22.2 Å². The van der Waals surface area contributed by atoms with Crippen LogP contribution in [0.1, 0.15) is 63.9 Å². The first kappa shape index (κ1) is 24.4. The van der Waals surface area contributed by atoms with Gasteiger partial charge in [0, 0.05) is 11.8 Å². The number of aliphatic imine (C=N–C) groups is 1. The highest BCUT2D eigenvalue weighted by molar-refractivity contribution is 6.54. The van der Waals surface area contributed by atoms with Gasteiger partial charge in [-0.25, -0.2) is 14.8 Å². The van der Waals surface area contributed by atoms with Gasteiger partial charge in [0.25, 0.3) is 5.91 Å². The number of aromatic nitrogens is 2. The molecule has 1 aromatic heterocycles. The van der Waals surface area contributed by atoms with Crippen molar-refractivity contribution in [3.05, 3.63) is 82.9 Å². The lowest BCUT2D eigenvalue weighted by Crippen LogP contribution is -2.45. The molecule has 1 aliphatic rings. The van der Waals surface area contributed by atoms with Crippen molar-refractivity contribution in [3.63, 3.8) is 0 Å². The van der Waals surface area contributed by atoms with Crippen LogP contribution in [0.4, 0.5) is 17.2 Å². The fraction of sp³-hybridized carbons (Fsp3) is 0.357. The summed E-state index contributed by atoms with van der Waals surface area (Å²) < 4.78 is 0. The number of rotatable bonds is 12. The van der Waals surface area contributed by atoms with E-state index in [4.69, 9.17) is 4.99 Å². The number of anilines is 2. The summed E-state index contributed by atoms with van der Waals surface area (Å²) in [4.78, 5) is 38.5. The van der Waals surface area contributed by atoms with E-state index in [-0.39, 0.29) is 12.1 Å². The van der Waals surface area contributed by atoms with E-state index < -0.39 is 5.69 Å². The van der Waals surface area contributed by atoms with E-state index in [9.17, 15) is 9.59 Å². The molecule has 0 aliphatic carbocycles. The molecule has 1 atom stereocenters. The zero-order valence-corrected chi connectivity index (χ0v) is 20.2. The van der Waals surface area contributed by atoms with Gasteiger partial charge in [-0.2, -0.15) is 0 Å². The summed E-state index contributed by atoms with van der Waals surface area (Å²) in [6.45, 7) is 2.22. The first-order chi connectivity index (χ1) is 17.2. The fourth-order valence-electron chi connectivity index (χ4n) is 4.46. The lowest BCUT2D eigenvalue weighted by Gasteiger charge is -2.29. The van der Waals surface area contributed by atoms with Crippen LogP contribution in [0.5, 0.6) is 0 Å². The van der Waals surface area contributed by atoms with Gasteiger partial charge >= 0.3 is 5.69 Å². The minimum Gasteiger partial charge on any atom is -0.351 e. The monoisotopic (exact) mass is 471 g/mol. The van der Waals surface area contributed by atoms with Crippen LogP contribution in [0.25, 0.3) is 0 Å². The van der Waals surface area contributed by atoms with Crippen LogP contribution >= 0.6 is 0 Å². The average molecular weight is 472 g/mol. The Morgan fingerprint density at radius 1 is 0.914 bits per heavy atom. The normalized spacial score (nSPS) is 14.8. The fourth-order valence-corrected chi connectivity index (χ4v) is 4.46. The van der Waals surface area contributed by atoms with E-state index in [1.165, 1.54) is 38.3 Å². The SMILES string of the molecule is CCCCCCCCCC(Nc1ccnc(=O)[nH]1)N1C(=O)C(=Nc2ccccc2)c2ccccc21. The molecule has 1 amide bonds. The number of fused-ring (bicyclic) bond motifs is 1. The summed E-state index contributed by atoms with van der Waals surface area (Å²) in [5.74, 6) is 0.392. The maximum atomic E-state index is 13.7. The van der Waals surface area contributed by atoms with Crippen molar-refractivity contribution in [3.8, 4) is 0 Å². The summed E-state index contributed by atoms with van der Waals surface area (Å²) in [7, 11) is 0. The topological polar surface area (TPSA) is 90.5 Å². The minimum atomic E-state index is -0.427. The molecule has 4 rings (SSSR count). The van der Waals surface area contributed by atoms with E-state index in [0.29, 0.717) is 11.5 Å². The Labute approximate surface area is 206 Å². The second-order valence-electron chi connectivity index (χ2n) is 8.85. The number of nitrogens with one attached hydrogen (secondary N) is 2. The number of nitrogens with zero attached hydrogens (tertiary/aromatic N) is 3. The van der Waals surface area contributed by atoms with Crippen molar-refractivity contribution in [2.24, 2.45) is 4.99 Å². The van der Waals surface area contributed by atoms with E-state index in [1.807, 2.05) is 54.6 Å². The van der Waals surface area contributed by atoms with Crippen LogP contribution in [0.3, 0.4) is 0 Å². The number of carbonyl (C=O) groups is 1. The van der Waals surface area contributed by atoms with E-state index >= 15 is 0 Å². The van der Waals surface area contributed by atoms with Gasteiger partial charge < -0.3 is 5.32 Å². The zero-order valence-electron chi connectivity index (χ0n) is 20.2. The number of benzene rings is 2. The van der Waals surface area contributed by atoms with Gasteiger partial charge in [0.2, 0.25) is 0 Å². The van der Waals surface area contributed by atoms with Crippen LogP contribution in [-0.2, 0) is 4.79 Å². The third-order valence-electron chi connectivity index (χ3n) is 6.23. The first-order valence-corrected chi connectivity index (χ1v) is 12.6. The lowest BCUT2D eigenvalue weighted by atomic mass is 10.1. The van der Waals surface area contributed by atoms with Gasteiger partial charge in [-0.15, -0.1) is 0 Å². The molecule has 0 spiro atoms. The van der Waals surface area contributed by atoms with Crippen LogP contribution < -0.4 is 15.9 Å². The molecule has 7 nitrogen and oxygen atoms in total. The van der Waals surface area contributed by atoms with E-state index in [0.717, 1.165) is 36.2 Å². The van der Waals surface area contributed by atoms with Crippen LogP contribution in [0.2, 0.25) is 0 Å². The van der Waals surface area contributed by atoms with Crippen molar-refractivity contribution in [2.75, 3.05) is 10.2 Å². The smallest absolute Gasteiger partial charge is 0.346 e. The third-order valence-corrected chi connectivity index (χ3v) is 6.23. The molecular formula is C28H33N5O2. The summed E-state index contributed by atoms with van der Waals surface area (Å²) in [6.07, 6.45) is 10.2. The van der Waals surface area contributed by atoms with Crippen molar-refractivity contribution in [1.29, 1.82) is 0 Å². The highest BCUT2D eigenvalue weighted by atomic mass is 16.2. The Balaban J connectivity index is 1.59. The molecule has 182 valence electrons. The molecule has 0 saturated carbocycles. The lowest BCUT2D eigenvalue weighted by molar-refractivity contribution is -0.112. The Morgan fingerprint density at radius 3 is 2.40 bits per heavy atom. The molecule has 0 radical (unpaired) electrons. The molecule has 2 aromatic carbocycles. The predicted octanol–water partition coefficient (Wildman–Crippen LogP) is 5.82. The standard InChI is InChI=1S/C28H33N5O2/c1-2-3-4-5-6-7-11-18-25(31-24-19-20-29-28(35)32-24)33-23-17-13-12-16-22(23)26(27(33)34)30-21-14-9-8-10-15-21/h8-10,12-17,19-20,25H,2-7,11,18H2,1H3,(H2,29,31,32,35). The molecule has 0 bridgehead atoms. The van der Waals surface area contributed by atoms with Crippen LogP contribution in [-0.4, -0.2) is 27.8 Å². The van der Waals surface area contributed by atoms with Gasteiger partial charge in [0.15, 0.2) is 0 Å². The minimum absolute atomic E-state index is 0.146. The molecule has 3 aromatic rings. The number of amides is 1. The Morgan fingerprint density at radius 2 is 1.63 bits per heavy atom. The van der Waals surface area contributed by atoms with Gasteiger partial charge in [0.05, 0.1) is 11.4 Å². The molecule has 0 saturated heterocycles. The summed E-state index contributed by atoms with van der Waals surface area (Å²) in [5, 5.41) is 3.38. The van der Waals surface area contributed by atoms with Gasteiger partial charge in [-0.1, -0.05) is 81.8 Å². The number of hydrogen-bond donors (Lipinski definition) is 2. The highest BCUT2D eigenvalue weighted by Gasteiger charge is 2.38. The predicted molar refractivity (Wildman–Crippen MR) is 141 cm³/mol. The maximum Gasteiger partial charge on any atom is 0.346 e. The second-order valence-corrected chi connectivity index (χ2v) is 8.85. The average Bonchev–Trinajstić information content (AvgIpc) is 3.14. The Kier molecular flexibility index (Phi) is 8.44. The van der Waals surface area contributed by atoms with Crippen molar-refractivity contribution >= 4 is 28.8 Å².